The zero-order valence-corrected chi connectivity index (χ0v) is 13.6. The fourth-order valence-corrected chi connectivity index (χ4v) is 3.60. The molecule has 1 N–H and O–H groups in total. The number of allylic oxidation sites excluding steroid dienone is 1. The third-order valence-electron chi connectivity index (χ3n) is 5.03. The highest BCUT2D eigenvalue weighted by atomic mass is 16.5. The number of nitrogens with one attached hydrogen (secondary N) is 1. The summed E-state index contributed by atoms with van der Waals surface area (Å²) in [7, 11) is 0. The Bertz CT molecular complexity index is 397. The van der Waals surface area contributed by atoms with Gasteiger partial charge in [0.1, 0.15) is 0 Å². The molecule has 2 amide bonds. The van der Waals surface area contributed by atoms with Crippen molar-refractivity contribution in [2.24, 2.45) is 0 Å². The number of hydrogen-bond acceptors (Lipinski definition) is 3. The highest BCUT2D eigenvalue weighted by Gasteiger charge is 2.24. The second-order valence-electron chi connectivity index (χ2n) is 6.71. The van der Waals surface area contributed by atoms with Crippen LogP contribution in [0.15, 0.2) is 11.6 Å². The molecule has 0 bridgehead atoms. The predicted octanol–water partition coefficient (Wildman–Crippen LogP) is 1.99. The van der Waals surface area contributed by atoms with E-state index in [1.807, 2.05) is 4.90 Å². The molecule has 3 aliphatic rings. The molecule has 124 valence electrons. The zero-order chi connectivity index (χ0) is 15.2. The van der Waals surface area contributed by atoms with Crippen molar-refractivity contribution in [2.45, 2.75) is 44.6 Å². The van der Waals surface area contributed by atoms with Crippen LogP contribution in [-0.4, -0.2) is 67.8 Å². The second kappa shape index (κ2) is 7.97. The minimum atomic E-state index is 0.0942. The van der Waals surface area contributed by atoms with E-state index in [1.54, 1.807) is 5.57 Å². The lowest BCUT2D eigenvalue weighted by atomic mass is 9.98. The quantitative estimate of drug-likeness (QED) is 0.811. The van der Waals surface area contributed by atoms with Crippen LogP contribution in [0.5, 0.6) is 0 Å². The van der Waals surface area contributed by atoms with Crippen molar-refractivity contribution in [3.05, 3.63) is 11.6 Å². The Balaban J connectivity index is 1.37. The summed E-state index contributed by atoms with van der Waals surface area (Å²) >= 11 is 0. The molecule has 0 saturated carbocycles. The molecule has 0 aromatic carbocycles. The number of rotatable bonds is 3. The number of nitrogens with zero attached hydrogens (tertiary/aromatic N) is 2. The van der Waals surface area contributed by atoms with E-state index in [4.69, 9.17) is 4.74 Å². The number of urea groups is 1. The van der Waals surface area contributed by atoms with Crippen LogP contribution in [0.3, 0.4) is 0 Å². The van der Waals surface area contributed by atoms with Crippen LogP contribution in [0.2, 0.25) is 0 Å². The van der Waals surface area contributed by atoms with Gasteiger partial charge in [-0.3, -0.25) is 4.90 Å². The lowest BCUT2D eigenvalue weighted by Crippen LogP contribution is -2.52. The number of carbonyl (C=O) groups is 1. The van der Waals surface area contributed by atoms with Crippen molar-refractivity contribution in [2.75, 3.05) is 45.9 Å². The maximum Gasteiger partial charge on any atom is 0.317 e. The van der Waals surface area contributed by atoms with Crippen LogP contribution in [0, 0.1) is 0 Å². The number of likely N-dealkylation sites (tertiary alicyclic amines) is 1. The normalized spacial score (nSPS) is 24.9. The van der Waals surface area contributed by atoms with E-state index in [-0.39, 0.29) is 6.03 Å². The highest BCUT2D eigenvalue weighted by molar-refractivity contribution is 5.74. The van der Waals surface area contributed by atoms with Crippen molar-refractivity contribution in [3.63, 3.8) is 0 Å². The van der Waals surface area contributed by atoms with Crippen LogP contribution in [0.1, 0.15) is 38.5 Å². The average Bonchev–Trinajstić information content (AvgIpc) is 2.58. The molecule has 0 aromatic rings. The molecule has 2 heterocycles. The zero-order valence-electron chi connectivity index (χ0n) is 13.6. The third kappa shape index (κ3) is 4.46. The van der Waals surface area contributed by atoms with Crippen molar-refractivity contribution in [1.29, 1.82) is 0 Å². The summed E-state index contributed by atoms with van der Waals surface area (Å²) in [4.78, 5) is 16.6. The lowest BCUT2D eigenvalue weighted by Gasteiger charge is -2.35. The van der Waals surface area contributed by atoms with Gasteiger partial charge in [0.05, 0.1) is 13.2 Å². The van der Waals surface area contributed by atoms with Gasteiger partial charge in [-0.1, -0.05) is 11.6 Å². The maximum absolute atomic E-state index is 12.2. The topological polar surface area (TPSA) is 44.8 Å². The Morgan fingerprint density at radius 2 is 1.95 bits per heavy atom. The first-order valence-electron chi connectivity index (χ1n) is 8.85. The molecular formula is C17H29N3O2. The van der Waals surface area contributed by atoms with Crippen molar-refractivity contribution in [3.8, 4) is 0 Å². The number of carbonyl (C=O) groups excluding carboxylic acids is 1. The Hall–Kier alpha value is -1.07. The first-order valence-corrected chi connectivity index (χ1v) is 8.85. The molecule has 2 saturated heterocycles. The molecule has 22 heavy (non-hydrogen) atoms. The predicted molar refractivity (Wildman–Crippen MR) is 86.9 cm³/mol. The summed E-state index contributed by atoms with van der Waals surface area (Å²) in [6.45, 7) is 6.13. The van der Waals surface area contributed by atoms with E-state index in [2.05, 4.69) is 16.3 Å². The maximum atomic E-state index is 12.2. The second-order valence-corrected chi connectivity index (χ2v) is 6.71. The molecule has 2 aliphatic heterocycles. The smallest absolute Gasteiger partial charge is 0.317 e. The Kier molecular flexibility index (Phi) is 5.73. The third-order valence-corrected chi connectivity index (χ3v) is 5.03. The molecule has 0 radical (unpaired) electrons. The molecule has 0 aromatic heterocycles. The van der Waals surface area contributed by atoms with Crippen molar-refractivity contribution >= 4 is 6.03 Å². The summed E-state index contributed by atoms with van der Waals surface area (Å²) in [5.74, 6) is 0. The first-order chi connectivity index (χ1) is 10.8. The van der Waals surface area contributed by atoms with Gasteiger partial charge in [0, 0.05) is 38.8 Å². The van der Waals surface area contributed by atoms with Crippen LogP contribution in [-0.2, 0) is 4.74 Å². The van der Waals surface area contributed by atoms with Crippen molar-refractivity contribution in [1.82, 2.24) is 15.1 Å². The number of morpholine rings is 1. The van der Waals surface area contributed by atoms with E-state index < -0.39 is 0 Å². The van der Waals surface area contributed by atoms with Gasteiger partial charge >= 0.3 is 6.03 Å². The van der Waals surface area contributed by atoms with Gasteiger partial charge in [-0.15, -0.1) is 0 Å². The molecule has 0 atom stereocenters. The van der Waals surface area contributed by atoms with Gasteiger partial charge in [0.2, 0.25) is 0 Å². The highest BCUT2D eigenvalue weighted by Crippen LogP contribution is 2.20. The van der Waals surface area contributed by atoms with Gasteiger partial charge in [-0.2, -0.15) is 0 Å². The minimum Gasteiger partial charge on any atom is -0.378 e. The molecular weight excluding hydrogens is 278 g/mol. The van der Waals surface area contributed by atoms with Gasteiger partial charge in [0.25, 0.3) is 0 Å². The first kappa shape index (κ1) is 15.8. The summed E-state index contributed by atoms with van der Waals surface area (Å²) < 4.78 is 5.29. The van der Waals surface area contributed by atoms with Crippen LogP contribution in [0.25, 0.3) is 0 Å². The molecule has 1 aliphatic carbocycles. The van der Waals surface area contributed by atoms with E-state index >= 15 is 0 Å². The van der Waals surface area contributed by atoms with Crippen LogP contribution < -0.4 is 5.32 Å². The molecule has 5 nitrogen and oxygen atoms in total. The molecule has 0 unspecified atom stereocenters. The monoisotopic (exact) mass is 307 g/mol. The van der Waals surface area contributed by atoms with Crippen LogP contribution in [0.4, 0.5) is 4.79 Å². The standard InChI is InChI=1S/C17H29N3O2/c21-17(20-10-12-22-13-11-20)18-16-6-8-19(9-7-16)14-15-4-2-1-3-5-15/h4,16H,1-3,5-14H2,(H,18,21). The van der Waals surface area contributed by atoms with Crippen molar-refractivity contribution < 1.29 is 9.53 Å². The number of amides is 2. The fraction of sp³-hybridized carbons (Fsp3) is 0.824. The minimum absolute atomic E-state index is 0.0942. The summed E-state index contributed by atoms with van der Waals surface area (Å²) in [5.41, 5.74) is 1.63. The number of hydrogen-bond donors (Lipinski definition) is 1. The SMILES string of the molecule is O=C(NC1CCN(CC2=CCCCC2)CC1)N1CCOCC1. The summed E-state index contributed by atoms with van der Waals surface area (Å²) in [5, 5.41) is 3.20. The van der Waals surface area contributed by atoms with E-state index in [0.29, 0.717) is 19.3 Å². The number of ether oxygens (including phenoxy) is 1. The van der Waals surface area contributed by atoms with E-state index in [1.165, 1.54) is 25.7 Å². The van der Waals surface area contributed by atoms with Gasteiger partial charge in [0.15, 0.2) is 0 Å². The summed E-state index contributed by atoms with van der Waals surface area (Å²) in [6, 6.07) is 0.434. The Labute approximate surface area is 133 Å². The van der Waals surface area contributed by atoms with E-state index in [9.17, 15) is 4.79 Å². The van der Waals surface area contributed by atoms with Crippen LogP contribution >= 0.6 is 0 Å². The number of piperidine rings is 1. The van der Waals surface area contributed by atoms with Gasteiger partial charge in [-0.05, 0) is 38.5 Å². The van der Waals surface area contributed by atoms with E-state index in [0.717, 1.165) is 45.6 Å². The fourth-order valence-electron chi connectivity index (χ4n) is 3.60. The molecule has 0 spiro atoms. The average molecular weight is 307 g/mol. The molecule has 3 rings (SSSR count). The Morgan fingerprint density at radius 1 is 1.18 bits per heavy atom. The summed E-state index contributed by atoms with van der Waals surface area (Å²) in [6.07, 6.45) is 9.86. The Morgan fingerprint density at radius 3 is 2.64 bits per heavy atom. The molecule has 2 fully saturated rings. The van der Waals surface area contributed by atoms with Gasteiger partial charge in [-0.25, -0.2) is 4.79 Å². The largest absolute Gasteiger partial charge is 0.378 e. The molecule has 5 heteroatoms. The lowest BCUT2D eigenvalue weighted by molar-refractivity contribution is 0.0517. The van der Waals surface area contributed by atoms with Gasteiger partial charge < -0.3 is 15.0 Å².